The molecule has 0 aromatic carbocycles. The molecule has 1 fully saturated rings. The summed E-state index contributed by atoms with van der Waals surface area (Å²) in [6.07, 6.45) is 2.62. The van der Waals surface area contributed by atoms with Gasteiger partial charge in [-0.05, 0) is 19.3 Å². The van der Waals surface area contributed by atoms with Crippen LogP contribution in [0.1, 0.15) is 40.0 Å². The number of hydrogen-bond donors (Lipinski definition) is 2. The lowest BCUT2D eigenvalue weighted by Crippen LogP contribution is -2.43. The lowest BCUT2D eigenvalue weighted by atomic mass is 10.0. The molecule has 1 rings (SSSR count). The second-order valence-electron chi connectivity index (χ2n) is 5.64. The standard InChI is InChI=1S/C12H25NO3S/c1-9(2)5-4-6-10(3)13-11-7-17(15,16)8-12(11)14/h9-14H,4-8H2,1-3H3/t10-,11+,12+/m1/s1. The molecule has 102 valence electrons. The van der Waals surface area contributed by atoms with Gasteiger partial charge in [-0.1, -0.05) is 26.7 Å². The van der Waals surface area contributed by atoms with Crippen molar-refractivity contribution in [3.8, 4) is 0 Å². The van der Waals surface area contributed by atoms with Crippen LogP contribution < -0.4 is 5.32 Å². The maximum Gasteiger partial charge on any atom is 0.154 e. The van der Waals surface area contributed by atoms with Crippen LogP contribution in [0.3, 0.4) is 0 Å². The van der Waals surface area contributed by atoms with Gasteiger partial charge in [-0.3, -0.25) is 0 Å². The van der Waals surface area contributed by atoms with E-state index in [0.29, 0.717) is 5.92 Å². The zero-order valence-corrected chi connectivity index (χ0v) is 11.8. The Labute approximate surface area is 105 Å². The van der Waals surface area contributed by atoms with E-state index in [1.165, 1.54) is 6.42 Å². The van der Waals surface area contributed by atoms with Gasteiger partial charge >= 0.3 is 0 Å². The molecular formula is C12H25NO3S. The van der Waals surface area contributed by atoms with E-state index >= 15 is 0 Å². The molecule has 0 radical (unpaired) electrons. The lowest BCUT2D eigenvalue weighted by molar-refractivity contribution is 0.159. The summed E-state index contributed by atoms with van der Waals surface area (Å²) in [5, 5.41) is 12.9. The van der Waals surface area contributed by atoms with E-state index in [4.69, 9.17) is 0 Å². The van der Waals surface area contributed by atoms with E-state index in [2.05, 4.69) is 26.1 Å². The molecule has 1 aliphatic heterocycles. The Morgan fingerprint density at radius 1 is 1.24 bits per heavy atom. The average molecular weight is 263 g/mol. The molecule has 0 bridgehead atoms. The molecule has 0 saturated carbocycles. The first-order chi connectivity index (χ1) is 7.80. The van der Waals surface area contributed by atoms with Crippen molar-refractivity contribution in [1.29, 1.82) is 0 Å². The van der Waals surface area contributed by atoms with Crippen molar-refractivity contribution in [2.24, 2.45) is 5.92 Å². The molecule has 0 unspecified atom stereocenters. The van der Waals surface area contributed by atoms with Crippen molar-refractivity contribution >= 4 is 9.84 Å². The van der Waals surface area contributed by atoms with Crippen molar-refractivity contribution in [1.82, 2.24) is 5.32 Å². The molecule has 0 aromatic rings. The van der Waals surface area contributed by atoms with Gasteiger partial charge in [-0.25, -0.2) is 8.42 Å². The smallest absolute Gasteiger partial charge is 0.154 e. The highest BCUT2D eigenvalue weighted by Gasteiger charge is 2.36. The number of nitrogens with one attached hydrogen (secondary N) is 1. The molecule has 1 saturated heterocycles. The molecule has 0 amide bonds. The van der Waals surface area contributed by atoms with E-state index < -0.39 is 15.9 Å². The second-order valence-corrected chi connectivity index (χ2v) is 7.80. The van der Waals surface area contributed by atoms with Gasteiger partial charge < -0.3 is 10.4 Å². The number of hydrogen-bond acceptors (Lipinski definition) is 4. The van der Waals surface area contributed by atoms with Crippen LogP contribution in [0, 0.1) is 5.92 Å². The van der Waals surface area contributed by atoms with Crippen LogP contribution in [0.5, 0.6) is 0 Å². The van der Waals surface area contributed by atoms with E-state index in [1.807, 2.05) is 0 Å². The fourth-order valence-electron chi connectivity index (χ4n) is 2.27. The largest absolute Gasteiger partial charge is 0.390 e. The normalized spacial score (nSPS) is 29.7. The summed E-state index contributed by atoms with van der Waals surface area (Å²) in [6.45, 7) is 6.45. The summed E-state index contributed by atoms with van der Waals surface area (Å²) in [6, 6.07) is -0.0178. The monoisotopic (exact) mass is 263 g/mol. The topological polar surface area (TPSA) is 66.4 Å². The Morgan fingerprint density at radius 2 is 1.88 bits per heavy atom. The molecule has 3 atom stereocenters. The van der Waals surface area contributed by atoms with Gasteiger partial charge in [0.2, 0.25) is 0 Å². The molecule has 1 heterocycles. The van der Waals surface area contributed by atoms with E-state index in [-0.39, 0.29) is 23.6 Å². The molecule has 5 heteroatoms. The zero-order chi connectivity index (χ0) is 13.1. The van der Waals surface area contributed by atoms with Crippen molar-refractivity contribution in [2.75, 3.05) is 11.5 Å². The van der Waals surface area contributed by atoms with Gasteiger partial charge in [-0.2, -0.15) is 0 Å². The summed E-state index contributed by atoms with van der Waals surface area (Å²) in [5.74, 6) is 0.686. The quantitative estimate of drug-likeness (QED) is 0.749. The van der Waals surface area contributed by atoms with Crippen LogP contribution in [0.2, 0.25) is 0 Å². The van der Waals surface area contributed by atoms with E-state index in [9.17, 15) is 13.5 Å². The molecular weight excluding hydrogens is 238 g/mol. The lowest BCUT2D eigenvalue weighted by Gasteiger charge is -2.21. The minimum Gasteiger partial charge on any atom is -0.390 e. The third-order valence-electron chi connectivity index (χ3n) is 3.24. The van der Waals surface area contributed by atoms with Crippen LogP contribution in [-0.2, 0) is 9.84 Å². The number of sulfone groups is 1. The number of aliphatic hydroxyl groups is 1. The zero-order valence-electron chi connectivity index (χ0n) is 11.0. The van der Waals surface area contributed by atoms with Gasteiger partial charge in [0.1, 0.15) is 0 Å². The molecule has 0 aromatic heterocycles. The maximum atomic E-state index is 11.3. The Morgan fingerprint density at radius 3 is 2.35 bits per heavy atom. The van der Waals surface area contributed by atoms with Crippen molar-refractivity contribution < 1.29 is 13.5 Å². The van der Waals surface area contributed by atoms with Crippen molar-refractivity contribution in [2.45, 2.75) is 58.2 Å². The van der Waals surface area contributed by atoms with Crippen LogP contribution in [-0.4, -0.2) is 43.2 Å². The third-order valence-corrected chi connectivity index (χ3v) is 4.96. The molecule has 4 nitrogen and oxygen atoms in total. The Hall–Kier alpha value is -0.130. The first kappa shape index (κ1) is 14.9. The van der Waals surface area contributed by atoms with Gasteiger partial charge in [0, 0.05) is 12.1 Å². The summed E-state index contributed by atoms with van der Waals surface area (Å²) < 4.78 is 22.7. The predicted molar refractivity (Wildman–Crippen MR) is 69.7 cm³/mol. The number of aliphatic hydroxyl groups excluding tert-OH is 1. The third kappa shape index (κ3) is 5.36. The Kier molecular flexibility index (Phi) is 5.41. The summed E-state index contributed by atoms with van der Waals surface area (Å²) >= 11 is 0. The van der Waals surface area contributed by atoms with Crippen molar-refractivity contribution in [3.05, 3.63) is 0 Å². The first-order valence-corrected chi connectivity index (χ1v) is 8.27. The first-order valence-electron chi connectivity index (χ1n) is 6.44. The summed E-state index contributed by atoms with van der Waals surface area (Å²) in [5.41, 5.74) is 0. The van der Waals surface area contributed by atoms with E-state index in [1.54, 1.807) is 0 Å². The Bertz CT molecular complexity index is 327. The van der Waals surface area contributed by atoms with Gasteiger partial charge in [0.15, 0.2) is 9.84 Å². The van der Waals surface area contributed by atoms with Crippen LogP contribution >= 0.6 is 0 Å². The molecule has 1 aliphatic rings. The molecule has 0 aliphatic carbocycles. The number of rotatable bonds is 6. The minimum absolute atomic E-state index is 0.0721. The van der Waals surface area contributed by atoms with Crippen molar-refractivity contribution in [3.63, 3.8) is 0 Å². The Balaban J connectivity index is 2.29. The van der Waals surface area contributed by atoms with Gasteiger partial charge in [0.25, 0.3) is 0 Å². The predicted octanol–water partition coefficient (Wildman–Crippen LogP) is 0.949. The molecule has 0 spiro atoms. The highest BCUT2D eigenvalue weighted by Crippen LogP contribution is 2.15. The molecule has 17 heavy (non-hydrogen) atoms. The fourth-order valence-corrected chi connectivity index (χ4v) is 4.02. The van der Waals surface area contributed by atoms with Crippen LogP contribution in [0.15, 0.2) is 0 Å². The summed E-state index contributed by atoms with van der Waals surface area (Å²) in [7, 11) is -3.04. The highest BCUT2D eigenvalue weighted by molar-refractivity contribution is 7.91. The second kappa shape index (κ2) is 6.16. The summed E-state index contributed by atoms with van der Waals surface area (Å²) in [4.78, 5) is 0. The van der Waals surface area contributed by atoms with Gasteiger partial charge in [0.05, 0.1) is 17.6 Å². The van der Waals surface area contributed by atoms with E-state index in [0.717, 1.165) is 12.8 Å². The molecule has 2 N–H and O–H groups in total. The fraction of sp³-hybridized carbons (Fsp3) is 1.00. The van der Waals surface area contributed by atoms with Gasteiger partial charge in [-0.15, -0.1) is 0 Å². The minimum atomic E-state index is -3.04. The SMILES string of the molecule is CC(C)CCC[C@@H](C)N[C@H]1CS(=O)(=O)C[C@@H]1O. The van der Waals surface area contributed by atoms with Crippen LogP contribution in [0.25, 0.3) is 0 Å². The average Bonchev–Trinajstić information content (AvgIpc) is 2.38. The maximum absolute atomic E-state index is 11.3. The van der Waals surface area contributed by atoms with Crippen LogP contribution in [0.4, 0.5) is 0 Å². The highest BCUT2D eigenvalue weighted by atomic mass is 32.2.